The van der Waals surface area contributed by atoms with Gasteiger partial charge in [0, 0.05) is 11.4 Å². The maximum atomic E-state index is 3.41. The van der Waals surface area contributed by atoms with E-state index in [1.807, 2.05) is 13.0 Å². The van der Waals surface area contributed by atoms with Gasteiger partial charge in [0.2, 0.25) is 0 Å². The highest BCUT2D eigenvalue weighted by atomic mass is 14.9. The molecule has 1 aliphatic heterocycles. The Morgan fingerprint density at radius 3 is 2.79 bits per heavy atom. The van der Waals surface area contributed by atoms with E-state index in [0.717, 1.165) is 12.8 Å². The summed E-state index contributed by atoms with van der Waals surface area (Å²) >= 11 is 0. The van der Waals surface area contributed by atoms with E-state index in [1.54, 1.807) is 0 Å². The van der Waals surface area contributed by atoms with Crippen LogP contribution in [0.2, 0.25) is 0 Å². The van der Waals surface area contributed by atoms with E-state index in [-0.39, 0.29) is 0 Å². The molecule has 0 radical (unpaired) electrons. The summed E-state index contributed by atoms with van der Waals surface area (Å²) in [5.41, 5.74) is 4.00. The highest BCUT2D eigenvalue weighted by Crippen LogP contribution is 2.18. The van der Waals surface area contributed by atoms with Gasteiger partial charge in [0.25, 0.3) is 0 Å². The van der Waals surface area contributed by atoms with Gasteiger partial charge in [0.1, 0.15) is 0 Å². The first-order chi connectivity index (χ1) is 6.77. The van der Waals surface area contributed by atoms with Crippen LogP contribution in [0.25, 0.3) is 0 Å². The smallest absolute Gasteiger partial charge is 0.0152 e. The molecule has 0 saturated carbocycles. The first-order valence-electron chi connectivity index (χ1n) is 5.23. The molecule has 0 spiro atoms. The van der Waals surface area contributed by atoms with Crippen molar-refractivity contribution in [2.24, 2.45) is 0 Å². The van der Waals surface area contributed by atoms with Crippen molar-refractivity contribution in [3.8, 4) is 0 Å². The molecule has 76 valence electrons. The lowest BCUT2D eigenvalue weighted by Gasteiger charge is -2.17. The van der Waals surface area contributed by atoms with Crippen molar-refractivity contribution < 1.29 is 0 Å². The Hall–Kier alpha value is -1.24. The van der Waals surface area contributed by atoms with Crippen molar-refractivity contribution in [3.05, 3.63) is 47.3 Å². The summed E-state index contributed by atoms with van der Waals surface area (Å²) in [6.07, 6.45) is 12.8. The number of hydrogen-bond donors (Lipinski definition) is 1. The van der Waals surface area contributed by atoms with Crippen LogP contribution >= 0.6 is 0 Å². The third kappa shape index (κ3) is 2.91. The van der Waals surface area contributed by atoms with Gasteiger partial charge >= 0.3 is 0 Å². The Balaban J connectivity index is 2.64. The Bertz CT molecular complexity index is 303. The summed E-state index contributed by atoms with van der Waals surface area (Å²) in [4.78, 5) is 0. The SMILES string of the molecule is CC=C/C=C\C1=C(C)NC(CC)=CC1. The molecular weight excluding hydrogens is 170 g/mol. The summed E-state index contributed by atoms with van der Waals surface area (Å²) in [5, 5.41) is 3.41. The lowest BCUT2D eigenvalue weighted by atomic mass is 10.0. The van der Waals surface area contributed by atoms with Crippen LogP contribution in [0.5, 0.6) is 0 Å². The van der Waals surface area contributed by atoms with E-state index < -0.39 is 0 Å². The molecule has 14 heavy (non-hydrogen) atoms. The number of dihydropyridines is 1. The van der Waals surface area contributed by atoms with Gasteiger partial charge in [-0.15, -0.1) is 0 Å². The van der Waals surface area contributed by atoms with E-state index >= 15 is 0 Å². The summed E-state index contributed by atoms with van der Waals surface area (Å²) in [7, 11) is 0. The molecule has 0 unspecified atom stereocenters. The highest BCUT2D eigenvalue weighted by molar-refractivity contribution is 5.33. The van der Waals surface area contributed by atoms with Gasteiger partial charge in [-0.25, -0.2) is 0 Å². The fourth-order valence-corrected chi connectivity index (χ4v) is 1.47. The molecule has 1 heterocycles. The molecule has 0 bridgehead atoms. The molecule has 0 aromatic rings. The fourth-order valence-electron chi connectivity index (χ4n) is 1.47. The average Bonchev–Trinajstić information content (AvgIpc) is 2.20. The maximum absolute atomic E-state index is 3.41. The molecular formula is C13H19N. The van der Waals surface area contributed by atoms with Gasteiger partial charge in [-0.1, -0.05) is 37.3 Å². The van der Waals surface area contributed by atoms with Gasteiger partial charge in [0.15, 0.2) is 0 Å². The molecule has 1 N–H and O–H groups in total. The zero-order chi connectivity index (χ0) is 10.4. The third-order valence-corrected chi connectivity index (χ3v) is 2.38. The van der Waals surface area contributed by atoms with Gasteiger partial charge in [-0.2, -0.15) is 0 Å². The molecule has 0 atom stereocenters. The quantitative estimate of drug-likeness (QED) is 0.668. The largest absolute Gasteiger partial charge is 0.363 e. The zero-order valence-corrected chi connectivity index (χ0v) is 9.30. The predicted octanol–water partition coefficient (Wildman–Crippen LogP) is 3.68. The molecule has 0 saturated heterocycles. The van der Waals surface area contributed by atoms with Gasteiger partial charge in [0.05, 0.1) is 0 Å². The van der Waals surface area contributed by atoms with E-state index in [1.165, 1.54) is 17.0 Å². The van der Waals surface area contributed by atoms with Crippen LogP contribution in [0.4, 0.5) is 0 Å². The molecule has 1 nitrogen and oxygen atoms in total. The second-order valence-corrected chi connectivity index (χ2v) is 3.45. The van der Waals surface area contributed by atoms with Crippen LogP contribution in [0.1, 0.15) is 33.6 Å². The fraction of sp³-hybridized carbons (Fsp3) is 0.385. The van der Waals surface area contributed by atoms with Crippen molar-refractivity contribution in [2.45, 2.75) is 33.6 Å². The van der Waals surface area contributed by atoms with Gasteiger partial charge < -0.3 is 5.32 Å². The summed E-state index contributed by atoms with van der Waals surface area (Å²) in [5.74, 6) is 0. The van der Waals surface area contributed by atoms with Gasteiger partial charge in [-0.05, 0) is 32.3 Å². The van der Waals surface area contributed by atoms with Crippen LogP contribution < -0.4 is 5.32 Å². The Labute approximate surface area is 86.9 Å². The number of rotatable bonds is 3. The highest BCUT2D eigenvalue weighted by Gasteiger charge is 2.05. The monoisotopic (exact) mass is 189 g/mol. The molecule has 0 amide bonds. The van der Waals surface area contributed by atoms with Crippen LogP contribution in [0.15, 0.2) is 47.3 Å². The van der Waals surface area contributed by atoms with Crippen molar-refractivity contribution in [3.63, 3.8) is 0 Å². The van der Waals surface area contributed by atoms with Crippen molar-refractivity contribution in [1.82, 2.24) is 5.32 Å². The van der Waals surface area contributed by atoms with Crippen molar-refractivity contribution in [1.29, 1.82) is 0 Å². The summed E-state index contributed by atoms with van der Waals surface area (Å²) < 4.78 is 0. The van der Waals surface area contributed by atoms with Crippen molar-refractivity contribution in [2.75, 3.05) is 0 Å². The lowest BCUT2D eigenvalue weighted by molar-refractivity contribution is 0.838. The first-order valence-corrected chi connectivity index (χ1v) is 5.23. The molecule has 0 aromatic heterocycles. The van der Waals surface area contributed by atoms with Crippen LogP contribution in [0.3, 0.4) is 0 Å². The molecule has 0 aliphatic carbocycles. The molecule has 0 aromatic carbocycles. The van der Waals surface area contributed by atoms with Crippen LogP contribution in [-0.4, -0.2) is 0 Å². The summed E-state index contributed by atoms with van der Waals surface area (Å²) in [6.45, 7) is 6.34. The van der Waals surface area contributed by atoms with E-state index in [4.69, 9.17) is 0 Å². The second kappa shape index (κ2) is 5.48. The maximum Gasteiger partial charge on any atom is 0.0152 e. The third-order valence-electron chi connectivity index (χ3n) is 2.38. The van der Waals surface area contributed by atoms with Crippen LogP contribution in [0, 0.1) is 0 Å². The molecule has 0 fully saturated rings. The number of allylic oxidation sites excluding steroid dienone is 8. The standard InChI is InChI=1S/C13H19N/c1-4-6-7-8-12-9-10-13(5-2)14-11(12)3/h4,6-8,10,14H,5,9H2,1-3H3/b6-4?,8-7-. The topological polar surface area (TPSA) is 12.0 Å². The van der Waals surface area contributed by atoms with E-state index in [2.05, 4.69) is 43.5 Å². The van der Waals surface area contributed by atoms with Gasteiger partial charge in [-0.3, -0.25) is 0 Å². The Morgan fingerprint density at radius 1 is 1.43 bits per heavy atom. The van der Waals surface area contributed by atoms with E-state index in [9.17, 15) is 0 Å². The molecule has 1 heteroatoms. The Kier molecular flexibility index (Phi) is 4.24. The predicted molar refractivity (Wildman–Crippen MR) is 62.8 cm³/mol. The lowest BCUT2D eigenvalue weighted by Crippen LogP contribution is -2.15. The first kappa shape index (κ1) is 10.8. The minimum absolute atomic E-state index is 1.05. The van der Waals surface area contributed by atoms with E-state index in [0.29, 0.717) is 0 Å². The normalized spacial score (nSPS) is 17.8. The minimum atomic E-state index is 1.05. The average molecular weight is 189 g/mol. The Morgan fingerprint density at radius 2 is 2.21 bits per heavy atom. The number of hydrogen-bond acceptors (Lipinski definition) is 1. The van der Waals surface area contributed by atoms with Crippen LogP contribution in [-0.2, 0) is 0 Å². The zero-order valence-electron chi connectivity index (χ0n) is 9.30. The second-order valence-electron chi connectivity index (χ2n) is 3.45. The molecule has 1 aliphatic rings. The summed E-state index contributed by atoms with van der Waals surface area (Å²) in [6, 6.07) is 0. The minimum Gasteiger partial charge on any atom is -0.363 e. The molecule has 1 rings (SSSR count). The number of nitrogens with one attached hydrogen (secondary N) is 1. The van der Waals surface area contributed by atoms with Crippen molar-refractivity contribution >= 4 is 0 Å².